The molecular weight excluding hydrogens is 300 g/mol. The molecule has 0 fully saturated rings. The van der Waals surface area contributed by atoms with Crippen LogP contribution in [0.15, 0.2) is 48.8 Å². The van der Waals surface area contributed by atoms with Crippen molar-refractivity contribution < 1.29 is 9.53 Å². The smallest absolute Gasteiger partial charge is 0.220 e. The molecule has 1 atom stereocenters. The lowest BCUT2D eigenvalue weighted by Gasteiger charge is -2.19. The van der Waals surface area contributed by atoms with Gasteiger partial charge in [-0.2, -0.15) is 0 Å². The summed E-state index contributed by atoms with van der Waals surface area (Å²) in [5, 5.41) is 3.07. The largest absolute Gasteiger partial charge is 0.497 e. The normalized spacial score (nSPS) is 11.8. The van der Waals surface area contributed by atoms with Gasteiger partial charge in [-0.25, -0.2) is 0 Å². The maximum Gasteiger partial charge on any atom is 0.220 e. The number of unbranched alkanes of at least 4 members (excludes halogenated alkanes) is 1. The van der Waals surface area contributed by atoms with Crippen molar-refractivity contribution in [3.63, 3.8) is 0 Å². The fourth-order valence-corrected chi connectivity index (χ4v) is 2.65. The second-order valence-electron chi connectivity index (χ2n) is 5.94. The zero-order valence-corrected chi connectivity index (χ0v) is 14.5. The summed E-state index contributed by atoms with van der Waals surface area (Å²) in [5.41, 5.74) is 2.36. The highest BCUT2D eigenvalue weighted by atomic mass is 16.5. The van der Waals surface area contributed by atoms with Crippen LogP contribution < -0.4 is 10.1 Å². The van der Waals surface area contributed by atoms with Gasteiger partial charge in [-0.15, -0.1) is 0 Å². The lowest BCUT2D eigenvalue weighted by molar-refractivity contribution is -0.121. The molecule has 4 heteroatoms. The molecule has 0 saturated carbocycles. The zero-order chi connectivity index (χ0) is 17.2. The van der Waals surface area contributed by atoms with Crippen LogP contribution in [0.2, 0.25) is 0 Å². The van der Waals surface area contributed by atoms with Crippen LogP contribution in [0.4, 0.5) is 0 Å². The molecule has 0 aliphatic carbocycles. The average Bonchev–Trinajstić information content (AvgIpc) is 2.64. The van der Waals surface area contributed by atoms with Crippen molar-refractivity contribution in [2.24, 2.45) is 0 Å². The number of methoxy groups -OCH3 is 1. The van der Waals surface area contributed by atoms with Crippen LogP contribution in [0.5, 0.6) is 5.75 Å². The number of ether oxygens (including phenoxy) is 1. The van der Waals surface area contributed by atoms with Gasteiger partial charge in [0, 0.05) is 31.3 Å². The molecule has 1 unspecified atom stereocenters. The molecule has 1 N–H and O–H groups in total. The second kappa shape index (κ2) is 9.71. The monoisotopic (exact) mass is 326 g/mol. The molecule has 0 bridgehead atoms. The van der Waals surface area contributed by atoms with Gasteiger partial charge in [-0.3, -0.25) is 9.78 Å². The third-order valence-electron chi connectivity index (χ3n) is 4.10. The van der Waals surface area contributed by atoms with E-state index in [-0.39, 0.29) is 11.8 Å². The fraction of sp³-hybridized carbons (Fsp3) is 0.400. The van der Waals surface area contributed by atoms with E-state index >= 15 is 0 Å². The van der Waals surface area contributed by atoms with Crippen molar-refractivity contribution in [3.8, 4) is 5.75 Å². The standard InChI is InChI=1S/C20H26N2O2/c1-3-4-7-20(23)22-15-18(13-16-6-5-12-21-14-16)17-8-10-19(24-2)11-9-17/h5-6,8-12,14,18H,3-4,7,13,15H2,1-2H3,(H,22,23). The number of hydrogen-bond acceptors (Lipinski definition) is 3. The van der Waals surface area contributed by atoms with Gasteiger partial charge >= 0.3 is 0 Å². The Morgan fingerprint density at radius 2 is 2.04 bits per heavy atom. The number of hydrogen-bond donors (Lipinski definition) is 1. The minimum atomic E-state index is 0.126. The minimum Gasteiger partial charge on any atom is -0.497 e. The van der Waals surface area contributed by atoms with Crippen molar-refractivity contribution in [1.29, 1.82) is 0 Å². The molecule has 0 aliphatic rings. The summed E-state index contributed by atoms with van der Waals surface area (Å²) in [6.45, 7) is 2.72. The first-order chi connectivity index (χ1) is 11.7. The van der Waals surface area contributed by atoms with Gasteiger partial charge in [-0.05, 0) is 42.2 Å². The van der Waals surface area contributed by atoms with Gasteiger partial charge in [0.2, 0.25) is 5.91 Å². The summed E-state index contributed by atoms with van der Waals surface area (Å²) in [6, 6.07) is 12.1. The third kappa shape index (κ3) is 5.69. The van der Waals surface area contributed by atoms with Gasteiger partial charge in [0.05, 0.1) is 7.11 Å². The number of pyridine rings is 1. The van der Waals surface area contributed by atoms with Gasteiger partial charge in [0.15, 0.2) is 0 Å². The average molecular weight is 326 g/mol. The van der Waals surface area contributed by atoms with Gasteiger partial charge < -0.3 is 10.1 Å². The van der Waals surface area contributed by atoms with Crippen LogP contribution in [0.3, 0.4) is 0 Å². The fourth-order valence-electron chi connectivity index (χ4n) is 2.65. The van der Waals surface area contributed by atoms with Crippen LogP contribution in [0, 0.1) is 0 Å². The van der Waals surface area contributed by atoms with E-state index in [4.69, 9.17) is 4.74 Å². The van der Waals surface area contributed by atoms with Crippen molar-refractivity contribution >= 4 is 5.91 Å². The molecular formula is C20H26N2O2. The second-order valence-corrected chi connectivity index (χ2v) is 5.94. The Labute approximate surface area is 144 Å². The molecule has 2 aromatic rings. The van der Waals surface area contributed by atoms with Crippen molar-refractivity contribution in [3.05, 3.63) is 59.9 Å². The first kappa shape index (κ1) is 18.0. The highest BCUT2D eigenvalue weighted by Crippen LogP contribution is 2.22. The number of aromatic nitrogens is 1. The number of benzene rings is 1. The Morgan fingerprint density at radius 1 is 1.25 bits per heavy atom. The number of amides is 1. The molecule has 4 nitrogen and oxygen atoms in total. The van der Waals surface area contributed by atoms with E-state index in [1.54, 1.807) is 13.3 Å². The van der Waals surface area contributed by atoms with Crippen LogP contribution in [0.1, 0.15) is 43.2 Å². The van der Waals surface area contributed by atoms with E-state index in [0.29, 0.717) is 13.0 Å². The van der Waals surface area contributed by atoms with Crippen LogP contribution >= 0.6 is 0 Å². The van der Waals surface area contributed by atoms with E-state index in [2.05, 4.69) is 35.4 Å². The SMILES string of the molecule is CCCCC(=O)NCC(Cc1cccnc1)c1ccc(OC)cc1. The number of carbonyl (C=O) groups is 1. The van der Waals surface area contributed by atoms with Crippen LogP contribution in [0.25, 0.3) is 0 Å². The van der Waals surface area contributed by atoms with Gasteiger partial charge in [-0.1, -0.05) is 31.5 Å². The maximum absolute atomic E-state index is 11.9. The lowest BCUT2D eigenvalue weighted by Crippen LogP contribution is -2.29. The molecule has 1 aromatic carbocycles. The summed E-state index contributed by atoms with van der Waals surface area (Å²) in [5.74, 6) is 1.18. The van der Waals surface area contributed by atoms with Crippen molar-refractivity contribution in [2.45, 2.75) is 38.5 Å². The van der Waals surface area contributed by atoms with E-state index < -0.39 is 0 Å². The predicted octanol–water partition coefficient (Wildman–Crippen LogP) is 3.72. The molecule has 1 amide bonds. The van der Waals surface area contributed by atoms with E-state index in [0.717, 1.165) is 25.0 Å². The third-order valence-corrected chi connectivity index (χ3v) is 4.10. The Hall–Kier alpha value is -2.36. The molecule has 1 heterocycles. The van der Waals surface area contributed by atoms with Gasteiger partial charge in [0.25, 0.3) is 0 Å². The zero-order valence-electron chi connectivity index (χ0n) is 14.5. The highest BCUT2D eigenvalue weighted by molar-refractivity contribution is 5.75. The summed E-state index contributed by atoms with van der Waals surface area (Å²) in [4.78, 5) is 16.1. The Morgan fingerprint density at radius 3 is 2.67 bits per heavy atom. The number of rotatable bonds is 9. The van der Waals surface area contributed by atoms with Crippen molar-refractivity contribution in [1.82, 2.24) is 10.3 Å². The van der Waals surface area contributed by atoms with E-state index in [9.17, 15) is 4.79 Å². The Bertz CT molecular complexity index is 611. The number of carbonyl (C=O) groups excluding carboxylic acids is 1. The number of nitrogens with zero attached hydrogens (tertiary/aromatic N) is 1. The molecule has 0 saturated heterocycles. The summed E-state index contributed by atoms with van der Waals surface area (Å²) in [6.07, 6.45) is 7.06. The topological polar surface area (TPSA) is 51.2 Å². The molecule has 0 spiro atoms. The predicted molar refractivity (Wildman–Crippen MR) is 96.2 cm³/mol. The quantitative estimate of drug-likeness (QED) is 0.764. The molecule has 0 aliphatic heterocycles. The molecule has 2 rings (SSSR count). The van der Waals surface area contributed by atoms with Crippen LogP contribution in [-0.2, 0) is 11.2 Å². The maximum atomic E-state index is 11.9. The van der Waals surface area contributed by atoms with Gasteiger partial charge in [0.1, 0.15) is 5.75 Å². The first-order valence-corrected chi connectivity index (χ1v) is 8.52. The Kier molecular flexibility index (Phi) is 7.27. The van der Waals surface area contributed by atoms with Crippen LogP contribution in [-0.4, -0.2) is 24.5 Å². The molecule has 1 aromatic heterocycles. The summed E-state index contributed by atoms with van der Waals surface area (Å²) < 4.78 is 5.23. The molecule has 24 heavy (non-hydrogen) atoms. The molecule has 128 valence electrons. The number of nitrogens with one attached hydrogen (secondary N) is 1. The molecule has 0 radical (unpaired) electrons. The first-order valence-electron chi connectivity index (χ1n) is 8.52. The summed E-state index contributed by atoms with van der Waals surface area (Å²) >= 11 is 0. The van der Waals surface area contributed by atoms with E-state index in [1.807, 2.05) is 24.4 Å². The Balaban J connectivity index is 2.06. The summed E-state index contributed by atoms with van der Waals surface area (Å²) in [7, 11) is 1.66. The van der Waals surface area contributed by atoms with Crippen molar-refractivity contribution in [2.75, 3.05) is 13.7 Å². The highest BCUT2D eigenvalue weighted by Gasteiger charge is 2.14. The minimum absolute atomic E-state index is 0.126. The lowest BCUT2D eigenvalue weighted by atomic mass is 9.92. The van der Waals surface area contributed by atoms with E-state index in [1.165, 1.54) is 11.1 Å².